The minimum atomic E-state index is -1.59. The molecule has 22 heavy (non-hydrogen) atoms. The predicted molar refractivity (Wildman–Crippen MR) is 78.5 cm³/mol. The fourth-order valence-electron chi connectivity index (χ4n) is 1.54. The van der Waals surface area contributed by atoms with Gasteiger partial charge < -0.3 is 9.84 Å². The number of thiazole rings is 1. The SMILES string of the molecule is O=NC(C(=O)O)c1csc(NC(=O)OCc2ccccc2)n1. The molecule has 1 heterocycles. The minimum Gasteiger partial charge on any atom is -0.479 e. The molecule has 2 rings (SSSR count). The highest BCUT2D eigenvalue weighted by molar-refractivity contribution is 7.13. The van der Waals surface area contributed by atoms with Crippen molar-refractivity contribution in [3.05, 3.63) is 51.9 Å². The molecule has 0 bridgehead atoms. The van der Waals surface area contributed by atoms with E-state index in [1.165, 1.54) is 5.38 Å². The molecule has 2 aromatic rings. The van der Waals surface area contributed by atoms with Crippen molar-refractivity contribution in [2.45, 2.75) is 12.6 Å². The molecule has 0 radical (unpaired) electrons. The number of carbonyl (C=O) groups excluding carboxylic acids is 1. The van der Waals surface area contributed by atoms with Gasteiger partial charge in [-0.15, -0.1) is 16.2 Å². The molecule has 0 aliphatic heterocycles. The lowest BCUT2D eigenvalue weighted by atomic mass is 10.2. The fourth-order valence-corrected chi connectivity index (χ4v) is 2.26. The largest absolute Gasteiger partial charge is 0.479 e. The Hall–Kier alpha value is -2.81. The number of anilines is 1. The van der Waals surface area contributed by atoms with Gasteiger partial charge in [0.1, 0.15) is 6.61 Å². The number of benzene rings is 1. The number of hydrogen-bond acceptors (Lipinski definition) is 7. The highest BCUT2D eigenvalue weighted by Crippen LogP contribution is 2.23. The first-order chi connectivity index (χ1) is 10.6. The van der Waals surface area contributed by atoms with Crippen LogP contribution in [0.1, 0.15) is 17.3 Å². The number of carboxylic acids is 1. The molecule has 9 heteroatoms. The van der Waals surface area contributed by atoms with Gasteiger partial charge in [0.25, 0.3) is 0 Å². The molecule has 0 fully saturated rings. The van der Waals surface area contributed by atoms with Gasteiger partial charge in [-0.3, -0.25) is 5.32 Å². The van der Waals surface area contributed by atoms with Crippen LogP contribution in [0.15, 0.2) is 40.9 Å². The van der Waals surface area contributed by atoms with E-state index < -0.39 is 18.1 Å². The van der Waals surface area contributed by atoms with E-state index in [-0.39, 0.29) is 17.4 Å². The molecular weight excluding hydrogens is 310 g/mol. The maximum atomic E-state index is 11.6. The zero-order valence-corrected chi connectivity index (χ0v) is 11.9. The number of amides is 1. The number of carbonyl (C=O) groups is 2. The highest BCUT2D eigenvalue weighted by Gasteiger charge is 2.24. The number of carboxylic acid groups (broad SMARTS) is 1. The molecule has 2 N–H and O–H groups in total. The summed E-state index contributed by atoms with van der Waals surface area (Å²) in [7, 11) is 0. The third kappa shape index (κ3) is 4.09. The molecule has 0 saturated heterocycles. The van der Waals surface area contributed by atoms with E-state index in [0.717, 1.165) is 16.9 Å². The summed E-state index contributed by atoms with van der Waals surface area (Å²) in [6.45, 7) is 0.0958. The van der Waals surface area contributed by atoms with Crippen LogP contribution in [-0.2, 0) is 16.1 Å². The number of ether oxygens (including phenoxy) is 1. The van der Waals surface area contributed by atoms with Crippen molar-refractivity contribution >= 4 is 28.5 Å². The molecule has 1 aromatic carbocycles. The van der Waals surface area contributed by atoms with Crippen molar-refractivity contribution < 1.29 is 19.4 Å². The molecule has 1 atom stereocenters. The normalized spacial score (nSPS) is 11.5. The molecule has 1 amide bonds. The number of nitrogens with zero attached hydrogens (tertiary/aromatic N) is 2. The van der Waals surface area contributed by atoms with E-state index in [4.69, 9.17) is 9.84 Å². The average molecular weight is 321 g/mol. The molecule has 0 aliphatic carbocycles. The zero-order chi connectivity index (χ0) is 15.9. The van der Waals surface area contributed by atoms with Crippen LogP contribution in [-0.4, -0.2) is 22.2 Å². The Morgan fingerprint density at radius 1 is 1.36 bits per heavy atom. The molecule has 114 valence electrons. The van der Waals surface area contributed by atoms with Crippen LogP contribution in [0.3, 0.4) is 0 Å². The van der Waals surface area contributed by atoms with Gasteiger partial charge in [-0.05, 0) is 10.7 Å². The van der Waals surface area contributed by atoms with Crippen molar-refractivity contribution in [1.29, 1.82) is 0 Å². The Bertz CT molecular complexity index is 673. The summed E-state index contributed by atoms with van der Waals surface area (Å²) in [5, 5.41) is 15.1. The zero-order valence-electron chi connectivity index (χ0n) is 11.1. The van der Waals surface area contributed by atoms with Crippen molar-refractivity contribution in [3.8, 4) is 0 Å². The fraction of sp³-hybridized carbons (Fsp3) is 0.154. The van der Waals surface area contributed by atoms with Gasteiger partial charge in [-0.2, -0.15) is 0 Å². The Morgan fingerprint density at radius 2 is 2.09 bits per heavy atom. The van der Waals surface area contributed by atoms with Crippen LogP contribution in [0, 0.1) is 4.91 Å². The van der Waals surface area contributed by atoms with E-state index in [1.807, 2.05) is 30.3 Å². The van der Waals surface area contributed by atoms with Gasteiger partial charge in [-0.1, -0.05) is 30.3 Å². The quantitative estimate of drug-likeness (QED) is 0.790. The van der Waals surface area contributed by atoms with E-state index in [1.54, 1.807) is 0 Å². The summed E-state index contributed by atoms with van der Waals surface area (Å²) in [4.78, 5) is 36.7. The van der Waals surface area contributed by atoms with Crippen LogP contribution in [0.25, 0.3) is 0 Å². The maximum Gasteiger partial charge on any atom is 0.413 e. The van der Waals surface area contributed by atoms with Crippen molar-refractivity contribution in [1.82, 2.24) is 4.98 Å². The second kappa shape index (κ2) is 7.27. The number of nitroso groups, excluding NO2 is 1. The van der Waals surface area contributed by atoms with Crippen LogP contribution < -0.4 is 5.32 Å². The third-order valence-electron chi connectivity index (χ3n) is 2.56. The number of rotatable bonds is 6. The van der Waals surface area contributed by atoms with E-state index in [0.29, 0.717) is 0 Å². The Labute approximate surface area is 128 Å². The molecule has 1 aromatic heterocycles. The smallest absolute Gasteiger partial charge is 0.413 e. The summed E-state index contributed by atoms with van der Waals surface area (Å²) in [5.74, 6) is -1.40. The second-order valence-electron chi connectivity index (χ2n) is 4.11. The Morgan fingerprint density at radius 3 is 2.73 bits per heavy atom. The lowest BCUT2D eigenvalue weighted by molar-refractivity contribution is -0.138. The predicted octanol–water partition coefficient (Wildman–Crippen LogP) is 2.78. The average Bonchev–Trinajstić information content (AvgIpc) is 2.94. The summed E-state index contributed by atoms with van der Waals surface area (Å²) in [5.41, 5.74) is 0.791. The third-order valence-corrected chi connectivity index (χ3v) is 3.34. The second-order valence-corrected chi connectivity index (χ2v) is 4.97. The molecule has 0 aliphatic rings. The van der Waals surface area contributed by atoms with E-state index in [2.05, 4.69) is 15.5 Å². The van der Waals surface area contributed by atoms with Gasteiger partial charge in [0.15, 0.2) is 5.13 Å². The number of hydrogen-bond donors (Lipinski definition) is 2. The first-order valence-electron chi connectivity index (χ1n) is 6.08. The summed E-state index contributed by atoms with van der Waals surface area (Å²) in [6.07, 6.45) is -0.726. The molecule has 0 saturated carbocycles. The maximum absolute atomic E-state index is 11.6. The first-order valence-corrected chi connectivity index (χ1v) is 6.96. The standard InChI is InChI=1S/C13H11N3O5S/c17-11(18)10(16-20)9-7-22-12(14-9)15-13(19)21-6-8-4-2-1-3-5-8/h1-5,7,10H,6H2,(H,17,18)(H,14,15,19). The van der Waals surface area contributed by atoms with Crippen LogP contribution in [0.4, 0.5) is 9.93 Å². The van der Waals surface area contributed by atoms with E-state index in [9.17, 15) is 14.5 Å². The van der Waals surface area contributed by atoms with Crippen molar-refractivity contribution in [2.75, 3.05) is 5.32 Å². The van der Waals surface area contributed by atoms with Crippen LogP contribution in [0.2, 0.25) is 0 Å². The minimum absolute atomic E-state index is 0.0362. The van der Waals surface area contributed by atoms with Gasteiger partial charge in [0.2, 0.25) is 6.04 Å². The first kappa shape index (κ1) is 15.6. The van der Waals surface area contributed by atoms with Gasteiger partial charge in [-0.25, -0.2) is 14.6 Å². The van der Waals surface area contributed by atoms with Crippen LogP contribution in [0.5, 0.6) is 0 Å². The Balaban J connectivity index is 1.91. The lowest BCUT2D eigenvalue weighted by Crippen LogP contribution is -2.14. The Kier molecular flexibility index (Phi) is 5.15. The number of aliphatic carboxylic acids is 1. The number of nitrogens with one attached hydrogen (secondary N) is 1. The van der Waals surface area contributed by atoms with Gasteiger partial charge in [0.05, 0.1) is 5.69 Å². The number of aromatic nitrogens is 1. The summed E-state index contributed by atoms with van der Waals surface area (Å²) >= 11 is 0.975. The molecular formula is C13H11N3O5S. The molecule has 8 nitrogen and oxygen atoms in total. The van der Waals surface area contributed by atoms with Gasteiger partial charge in [0, 0.05) is 5.38 Å². The van der Waals surface area contributed by atoms with E-state index >= 15 is 0 Å². The molecule has 1 unspecified atom stereocenters. The lowest BCUT2D eigenvalue weighted by Gasteiger charge is -2.04. The monoisotopic (exact) mass is 321 g/mol. The van der Waals surface area contributed by atoms with Crippen molar-refractivity contribution in [2.24, 2.45) is 5.18 Å². The summed E-state index contributed by atoms with van der Waals surface area (Å²) in [6, 6.07) is 7.52. The van der Waals surface area contributed by atoms with Gasteiger partial charge >= 0.3 is 12.1 Å². The molecule has 0 spiro atoms. The topological polar surface area (TPSA) is 118 Å². The highest BCUT2D eigenvalue weighted by atomic mass is 32.1. The summed E-state index contributed by atoms with van der Waals surface area (Å²) < 4.78 is 4.99. The van der Waals surface area contributed by atoms with Crippen LogP contribution >= 0.6 is 11.3 Å². The van der Waals surface area contributed by atoms with Crippen molar-refractivity contribution in [3.63, 3.8) is 0 Å².